The highest BCUT2D eigenvalue weighted by Crippen LogP contribution is 2.26. The minimum atomic E-state index is -4.11. The van der Waals surface area contributed by atoms with Crippen LogP contribution in [0, 0.1) is 5.92 Å². The Bertz CT molecular complexity index is 1170. The normalized spacial score (nSPS) is 15.0. The molecule has 0 spiro atoms. The number of benzene rings is 1. The lowest BCUT2D eigenvalue weighted by atomic mass is 9.87. The van der Waals surface area contributed by atoms with Crippen LogP contribution in [0.15, 0.2) is 47.5 Å². The van der Waals surface area contributed by atoms with E-state index in [9.17, 15) is 22.8 Å². The average Bonchev–Trinajstić information content (AvgIpc) is 2.89. The second-order valence-corrected chi connectivity index (χ2v) is 11.1. The molecule has 0 saturated heterocycles. The number of nitrogens with zero attached hydrogens (tertiary/aromatic N) is 1. The minimum absolute atomic E-state index is 0.00995. The third kappa shape index (κ3) is 8.66. The maximum atomic E-state index is 12.7. The van der Waals surface area contributed by atoms with Crippen LogP contribution in [0.1, 0.15) is 85.2 Å². The molecule has 1 unspecified atom stereocenters. The molecular weight excluding hydrogens is 494 g/mol. The maximum absolute atomic E-state index is 12.7. The third-order valence-corrected chi connectivity index (χ3v) is 7.86. The molecule has 9 nitrogen and oxygen atoms in total. The fourth-order valence-corrected chi connectivity index (χ4v) is 5.10. The van der Waals surface area contributed by atoms with Gasteiger partial charge in [-0.1, -0.05) is 38.3 Å². The molecule has 2 aromatic rings. The van der Waals surface area contributed by atoms with Gasteiger partial charge in [0.05, 0.1) is 16.6 Å². The Morgan fingerprint density at radius 2 is 1.76 bits per heavy atom. The molecule has 1 fully saturated rings. The maximum Gasteiger partial charge on any atom is 0.357 e. The van der Waals surface area contributed by atoms with E-state index in [1.807, 2.05) is 11.6 Å². The van der Waals surface area contributed by atoms with Crippen LogP contribution < -0.4 is 10.0 Å². The van der Waals surface area contributed by atoms with Gasteiger partial charge in [0.2, 0.25) is 5.91 Å². The highest BCUT2D eigenvalue weighted by molar-refractivity contribution is 7.90. The molecule has 1 aromatic heterocycles. The van der Waals surface area contributed by atoms with Crippen molar-refractivity contribution in [3.63, 3.8) is 0 Å². The fourth-order valence-electron chi connectivity index (χ4n) is 4.12. The van der Waals surface area contributed by atoms with Crippen molar-refractivity contribution in [2.45, 2.75) is 76.2 Å². The third-order valence-electron chi connectivity index (χ3n) is 6.51. The summed E-state index contributed by atoms with van der Waals surface area (Å²) in [6.07, 6.45) is 8.55. The summed E-state index contributed by atoms with van der Waals surface area (Å²) in [5.74, 6) is -0.936. The number of hydrogen-bond donors (Lipinski definition) is 2. The van der Waals surface area contributed by atoms with E-state index in [0.717, 1.165) is 24.6 Å². The monoisotopic (exact) mass is 529 g/mol. The van der Waals surface area contributed by atoms with E-state index in [2.05, 4.69) is 10.3 Å². The lowest BCUT2D eigenvalue weighted by Crippen LogP contribution is -2.30. The van der Waals surface area contributed by atoms with Crippen molar-refractivity contribution < 1.29 is 27.5 Å². The van der Waals surface area contributed by atoms with Crippen molar-refractivity contribution >= 4 is 27.8 Å². The van der Waals surface area contributed by atoms with Gasteiger partial charge in [-0.25, -0.2) is 22.9 Å². The van der Waals surface area contributed by atoms with E-state index in [-0.39, 0.29) is 28.2 Å². The Labute approximate surface area is 218 Å². The number of pyridine rings is 1. The number of aromatic nitrogens is 1. The van der Waals surface area contributed by atoms with Crippen molar-refractivity contribution in [2.75, 3.05) is 6.54 Å². The number of sulfonamides is 1. The smallest absolute Gasteiger partial charge is 0.357 e. The van der Waals surface area contributed by atoms with Crippen LogP contribution in [-0.4, -0.2) is 43.8 Å². The van der Waals surface area contributed by atoms with Crippen molar-refractivity contribution in [3.8, 4) is 0 Å². The first kappa shape index (κ1) is 28.3. The van der Waals surface area contributed by atoms with Crippen LogP contribution in [0.5, 0.6) is 0 Å². The van der Waals surface area contributed by atoms with Crippen LogP contribution >= 0.6 is 0 Å². The summed E-state index contributed by atoms with van der Waals surface area (Å²) in [6.45, 7) is 4.11. The first-order chi connectivity index (χ1) is 17.7. The number of carbonyl (C=O) groups excluding carboxylic acids is 3. The second kappa shape index (κ2) is 13.3. The summed E-state index contributed by atoms with van der Waals surface area (Å²) in [5, 5.41) is 2.94. The highest BCUT2D eigenvalue weighted by Gasteiger charge is 2.20. The summed E-state index contributed by atoms with van der Waals surface area (Å²) in [6, 6.07) is 8.78. The van der Waals surface area contributed by atoms with E-state index in [1.165, 1.54) is 43.5 Å². The fraction of sp³-hybridized carbons (Fsp3) is 0.481. The topological polar surface area (TPSA) is 132 Å². The van der Waals surface area contributed by atoms with Crippen LogP contribution in [-0.2, 0) is 26.0 Å². The molecule has 1 aromatic carbocycles. The molecule has 0 bridgehead atoms. The molecular formula is C27H35N3O6S. The highest BCUT2D eigenvalue weighted by atomic mass is 32.2. The summed E-state index contributed by atoms with van der Waals surface area (Å²) in [5.41, 5.74) is 0.886. The van der Waals surface area contributed by atoms with Gasteiger partial charge in [0.1, 0.15) is 5.69 Å². The predicted molar refractivity (Wildman–Crippen MR) is 138 cm³/mol. The molecule has 3 rings (SSSR count). The van der Waals surface area contributed by atoms with Gasteiger partial charge in [0, 0.05) is 19.2 Å². The van der Waals surface area contributed by atoms with Gasteiger partial charge in [-0.15, -0.1) is 0 Å². The predicted octanol–water partition coefficient (Wildman–Crippen LogP) is 3.78. The first-order valence-electron chi connectivity index (χ1n) is 12.8. The molecule has 0 radical (unpaired) electrons. The van der Waals surface area contributed by atoms with Gasteiger partial charge in [-0.05, 0) is 68.4 Å². The number of nitrogens with one attached hydrogen (secondary N) is 2. The van der Waals surface area contributed by atoms with E-state index < -0.39 is 21.9 Å². The zero-order valence-electron chi connectivity index (χ0n) is 21.4. The van der Waals surface area contributed by atoms with Crippen molar-refractivity contribution in [3.05, 3.63) is 59.4 Å². The van der Waals surface area contributed by atoms with E-state index in [1.54, 1.807) is 19.1 Å². The van der Waals surface area contributed by atoms with E-state index >= 15 is 0 Å². The number of carbonyl (C=O) groups is 3. The summed E-state index contributed by atoms with van der Waals surface area (Å²) in [7, 11) is -4.11. The second-order valence-electron chi connectivity index (χ2n) is 9.44. The number of ether oxygens (including phenoxy) is 1. The molecule has 2 N–H and O–H groups in total. The van der Waals surface area contributed by atoms with Crippen molar-refractivity contribution in [1.82, 2.24) is 15.0 Å². The van der Waals surface area contributed by atoms with Crippen LogP contribution in [0.4, 0.5) is 0 Å². The molecule has 200 valence electrons. The number of esters is 1. The van der Waals surface area contributed by atoms with Crippen molar-refractivity contribution in [2.24, 2.45) is 5.92 Å². The Morgan fingerprint density at radius 3 is 2.38 bits per heavy atom. The van der Waals surface area contributed by atoms with Gasteiger partial charge in [0.15, 0.2) is 0 Å². The van der Waals surface area contributed by atoms with Crippen LogP contribution in [0.25, 0.3) is 0 Å². The molecule has 2 amide bonds. The van der Waals surface area contributed by atoms with Gasteiger partial charge in [0.25, 0.3) is 15.9 Å². The first-order valence-corrected chi connectivity index (χ1v) is 14.3. The van der Waals surface area contributed by atoms with Gasteiger partial charge >= 0.3 is 5.97 Å². The van der Waals surface area contributed by atoms with Crippen LogP contribution in [0.2, 0.25) is 0 Å². The Hall–Kier alpha value is -3.27. The van der Waals surface area contributed by atoms with E-state index in [0.29, 0.717) is 31.7 Å². The number of amides is 2. The Morgan fingerprint density at radius 1 is 1.05 bits per heavy atom. The molecule has 1 heterocycles. The Balaban J connectivity index is 1.49. The molecule has 1 aliphatic rings. The SMILES string of the molecule is CCC(C)OC(=O)c1ccc(C(=O)NS(=O)(=O)c2ccc(CCNC(=O)CC3CCCCC3)cc2)cn1. The standard InChI is InChI=1S/C27H35N3O6S/c1-3-19(2)36-27(33)24-14-11-22(18-29-24)26(32)30-37(34,35)23-12-9-20(10-13-23)15-16-28-25(31)17-21-7-5-4-6-8-21/h9-14,18-19,21H,3-8,15-17H2,1-2H3,(H,28,31)(H,30,32). The zero-order chi connectivity index (χ0) is 26.8. The van der Waals surface area contributed by atoms with Crippen LogP contribution in [0.3, 0.4) is 0 Å². The summed E-state index contributed by atoms with van der Waals surface area (Å²) < 4.78 is 32.5. The molecule has 37 heavy (non-hydrogen) atoms. The van der Waals surface area contributed by atoms with Gasteiger partial charge < -0.3 is 10.1 Å². The molecule has 1 aliphatic carbocycles. The molecule has 1 saturated carbocycles. The summed E-state index contributed by atoms with van der Waals surface area (Å²) >= 11 is 0. The van der Waals surface area contributed by atoms with Gasteiger partial charge in [-0.3, -0.25) is 9.59 Å². The lowest BCUT2D eigenvalue weighted by Gasteiger charge is -2.20. The van der Waals surface area contributed by atoms with Crippen molar-refractivity contribution in [1.29, 1.82) is 0 Å². The number of rotatable bonds is 11. The lowest BCUT2D eigenvalue weighted by molar-refractivity contribution is -0.122. The quantitative estimate of drug-likeness (QED) is 0.423. The largest absolute Gasteiger partial charge is 0.458 e. The number of hydrogen-bond acceptors (Lipinski definition) is 7. The van der Waals surface area contributed by atoms with Gasteiger partial charge in [-0.2, -0.15) is 0 Å². The molecule has 1 atom stereocenters. The molecule has 10 heteroatoms. The molecule has 0 aliphatic heterocycles. The zero-order valence-corrected chi connectivity index (χ0v) is 22.2. The Kier molecular flexibility index (Phi) is 10.2. The average molecular weight is 530 g/mol. The summed E-state index contributed by atoms with van der Waals surface area (Å²) in [4.78, 5) is 40.5. The minimum Gasteiger partial charge on any atom is -0.458 e. The van der Waals surface area contributed by atoms with E-state index in [4.69, 9.17) is 4.74 Å².